The molecule has 0 aliphatic heterocycles. The molecule has 9 nitrogen and oxygen atoms in total. The zero-order valence-electron chi connectivity index (χ0n) is 66.5. The minimum absolute atomic E-state index is 0.731. The van der Waals surface area contributed by atoms with Crippen LogP contribution in [0.4, 0.5) is 0 Å². The van der Waals surface area contributed by atoms with E-state index in [1.54, 1.807) is 0 Å². The lowest BCUT2D eigenvalue weighted by atomic mass is 9.96. The van der Waals surface area contributed by atoms with E-state index in [-0.39, 0.29) is 0 Å². The summed E-state index contributed by atoms with van der Waals surface area (Å²) in [7, 11) is 0. The van der Waals surface area contributed by atoms with E-state index in [0.29, 0.717) is 0 Å². The monoisotopic (exact) mass is 1570 g/mol. The van der Waals surface area contributed by atoms with Crippen LogP contribution < -0.4 is 0 Å². The Morgan fingerprint density at radius 1 is 0.146 bits per heavy atom. The normalized spacial score (nSPS) is 11.4. The predicted molar refractivity (Wildman–Crippen MR) is 506 cm³/mol. The number of nitrogens with zero attached hydrogens (tertiary/aromatic N) is 6. The van der Waals surface area contributed by atoms with Gasteiger partial charge in [0.25, 0.3) is 0 Å². The molecule has 0 aliphatic rings. The molecule has 0 N–H and O–H groups in total. The van der Waals surface area contributed by atoms with Gasteiger partial charge in [0.2, 0.25) is 0 Å². The van der Waals surface area contributed by atoms with E-state index in [9.17, 15) is 0 Å². The molecule has 6 aromatic heterocycles. The topological polar surface area (TPSA) is 117 Å². The van der Waals surface area contributed by atoms with Crippen molar-refractivity contribution in [3.05, 3.63) is 437 Å². The standard InChI is InChI=1S/3C38H24N2O/c1-3-11-27(12-4-1)36-37(28-13-5-2-6-14-28)40-38-30(17-9-18-32(38)39-36)26-23-21-25(22-24-26)29-16-10-20-34-35(29)31-15-7-8-19-33(31)41-34;1-3-10-27(11-4-1)37-32-24-29(22-23-33(32)39-38(40-37)28-12-5-2-6-13-28)25-18-20-26(21-19-25)30-15-9-17-35-36(30)31-14-7-8-16-34(31)41-35;1-3-10-27(11-4-1)37-38(28-12-5-2-6-13-28)40-33-24-29(22-23-32(33)39-37)25-18-20-26(21-19-25)30-15-9-17-35-36(30)31-14-7-8-16-34(31)41-35/h3*1-24H. The maximum Gasteiger partial charge on any atom is 0.160 e. The molecule has 123 heavy (non-hydrogen) atoms. The van der Waals surface area contributed by atoms with Crippen molar-refractivity contribution in [1.29, 1.82) is 0 Å². The van der Waals surface area contributed by atoms with Crippen LogP contribution in [-0.2, 0) is 0 Å². The van der Waals surface area contributed by atoms with Crippen LogP contribution in [0.5, 0.6) is 0 Å². The molecule has 0 spiro atoms. The van der Waals surface area contributed by atoms with Crippen molar-refractivity contribution >= 4 is 98.8 Å². The second kappa shape index (κ2) is 31.7. The van der Waals surface area contributed by atoms with Crippen LogP contribution in [0, 0.1) is 0 Å². The summed E-state index contributed by atoms with van der Waals surface area (Å²) in [6, 6.07) is 151. The zero-order valence-corrected chi connectivity index (χ0v) is 66.5. The highest BCUT2D eigenvalue weighted by Crippen LogP contribution is 2.44. The lowest BCUT2D eigenvalue weighted by molar-refractivity contribution is 0.668. The van der Waals surface area contributed by atoms with E-state index in [1.807, 2.05) is 158 Å². The van der Waals surface area contributed by atoms with Gasteiger partial charge in [0, 0.05) is 76.6 Å². The smallest absolute Gasteiger partial charge is 0.160 e. The van der Waals surface area contributed by atoms with E-state index in [4.69, 9.17) is 43.2 Å². The third-order valence-corrected chi connectivity index (χ3v) is 23.1. The van der Waals surface area contributed by atoms with Crippen LogP contribution in [0.3, 0.4) is 0 Å². The highest BCUT2D eigenvalue weighted by atomic mass is 16.3. The molecule has 576 valence electrons. The van der Waals surface area contributed by atoms with Crippen LogP contribution in [0.25, 0.3) is 233 Å². The number of furan rings is 3. The first kappa shape index (κ1) is 72.8. The SMILES string of the molecule is c1ccc(-c2nc(-c3ccccc3)c3cc(-c4ccc(-c5cccc6oc7ccccc7c56)cc4)ccc3n2)cc1.c1ccc(-c2nc3ccc(-c4ccc(-c5cccc6oc7ccccc7c56)cc4)cc3nc2-c2ccccc2)cc1.c1ccc(-c2nc3cccc(-c4ccc(-c5cccc6oc7ccccc7c56)cc4)c3nc2-c2ccccc2)cc1. The molecule has 0 saturated carbocycles. The summed E-state index contributed by atoms with van der Waals surface area (Å²) in [5.74, 6) is 0.731. The number of rotatable bonds is 12. The second-order valence-corrected chi connectivity index (χ2v) is 30.6. The Labute approximate surface area is 708 Å². The molecule has 0 atom stereocenters. The summed E-state index contributed by atoms with van der Waals surface area (Å²) in [5, 5.41) is 7.90. The van der Waals surface area contributed by atoms with E-state index >= 15 is 0 Å². The zero-order chi connectivity index (χ0) is 81.5. The molecule has 24 aromatic rings. The molecule has 0 unspecified atom stereocenters. The fraction of sp³-hybridized carbons (Fsp3) is 0. The summed E-state index contributed by atoms with van der Waals surface area (Å²) in [4.78, 5) is 30.7. The first-order valence-corrected chi connectivity index (χ1v) is 41.3. The lowest BCUT2D eigenvalue weighted by Crippen LogP contribution is -1.97. The van der Waals surface area contributed by atoms with E-state index in [1.165, 1.54) is 11.1 Å². The van der Waals surface area contributed by atoms with Gasteiger partial charge in [0.05, 0.1) is 56.1 Å². The molecular weight excluding hydrogens is 1500 g/mol. The Kier molecular flexibility index (Phi) is 18.8. The fourth-order valence-corrected chi connectivity index (χ4v) is 17.1. The average Bonchev–Trinajstić information content (AvgIpc) is 1.45. The summed E-state index contributed by atoms with van der Waals surface area (Å²) >= 11 is 0. The Bertz CT molecular complexity index is 8020. The van der Waals surface area contributed by atoms with Gasteiger partial charge in [-0.25, -0.2) is 29.9 Å². The van der Waals surface area contributed by atoms with Gasteiger partial charge in [0.15, 0.2) is 5.82 Å². The van der Waals surface area contributed by atoms with Crippen molar-refractivity contribution < 1.29 is 13.3 Å². The van der Waals surface area contributed by atoms with Crippen LogP contribution >= 0.6 is 0 Å². The summed E-state index contributed by atoms with van der Waals surface area (Å²) in [6.07, 6.45) is 0. The van der Waals surface area contributed by atoms with Crippen LogP contribution in [0.15, 0.2) is 450 Å². The first-order valence-electron chi connectivity index (χ1n) is 41.3. The maximum atomic E-state index is 6.13. The molecule has 6 heterocycles. The van der Waals surface area contributed by atoms with Crippen molar-refractivity contribution in [3.8, 4) is 134 Å². The number of hydrogen-bond donors (Lipinski definition) is 0. The van der Waals surface area contributed by atoms with Gasteiger partial charge in [-0.1, -0.05) is 370 Å². The molecule has 0 saturated heterocycles. The third-order valence-electron chi connectivity index (χ3n) is 23.1. The minimum atomic E-state index is 0.731. The van der Waals surface area contributed by atoms with E-state index in [2.05, 4.69) is 279 Å². The van der Waals surface area contributed by atoms with Gasteiger partial charge in [0.1, 0.15) is 33.5 Å². The number of fused-ring (bicyclic) bond motifs is 12. The van der Waals surface area contributed by atoms with Crippen LogP contribution in [0.1, 0.15) is 0 Å². The highest BCUT2D eigenvalue weighted by molar-refractivity contribution is 6.15. The highest BCUT2D eigenvalue weighted by Gasteiger charge is 2.22. The molecule has 9 heteroatoms. The van der Waals surface area contributed by atoms with Gasteiger partial charge in [-0.15, -0.1) is 0 Å². The van der Waals surface area contributed by atoms with Crippen LogP contribution in [-0.4, -0.2) is 29.9 Å². The number of aromatic nitrogens is 6. The Morgan fingerprint density at radius 3 is 0.870 bits per heavy atom. The van der Waals surface area contributed by atoms with Gasteiger partial charge < -0.3 is 13.3 Å². The van der Waals surface area contributed by atoms with E-state index in [0.717, 1.165) is 222 Å². The molecule has 18 aromatic carbocycles. The third kappa shape index (κ3) is 13.9. The minimum Gasteiger partial charge on any atom is -0.456 e. The van der Waals surface area contributed by atoms with Crippen molar-refractivity contribution in [3.63, 3.8) is 0 Å². The predicted octanol–water partition coefficient (Wildman–Crippen LogP) is 30.6. The Morgan fingerprint density at radius 2 is 0.447 bits per heavy atom. The Balaban J connectivity index is 0.000000110. The fourth-order valence-electron chi connectivity index (χ4n) is 17.1. The maximum absolute atomic E-state index is 6.13. The quantitative estimate of drug-likeness (QED) is 0.118. The van der Waals surface area contributed by atoms with Crippen molar-refractivity contribution in [1.82, 2.24) is 29.9 Å². The van der Waals surface area contributed by atoms with Gasteiger partial charge >= 0.3 is 0 Å². The second-order valence-electron chi connectivity index (χ2n) is 30.6. The molecule has 0 amide bonds. The van der Waals surface area contributed by atoms with E-state index < -0.39 is 0 Å². The number of benzene rings is 18. The summed E-state index contributed by atoms with van der Waals surface area (Å²) < 4.78 is 18.4. The number of hydrogen-bond acceptors (Lipinski definition) is 9. The molecular formula is C114H72N6O3. The van der Waals surface area contributed by atoms with Gasteiger partial charge in [-0.3, -0.25) is 0 Å². The summed E-state index contributed by atoms with van der Waals surface area (Å²) in [6.45, 7) is 0. The lowest BCUT2D eigenvalue weighted by Gasteiger charge is -2.13. The van der Waals surface area contributed by atoms with Gasteiger partial charge in [-0.2, -0.15) is 0 Å². The molecule has 0 bridgehead atoms. The van der Waals surface area contributed by atoms with Crippen molar-refractivity contribution in [2.75, 3.05) is 0 Å². The van der Waals surface area contributed by atoms with Crippen LogP contribution in [0.2, 0.25) is 0 Å². The molecule has 0 fully saturated rings. The molecule has 0 aliphatic carbocycles. The van der Waals surface area contributed by atoms with Crippen molar-refractivity contribution in [2.45, 2.75) is 0 Å². The average molecular weight is 1570 g/mol. The van der Waals surface area contributed by atoms with Crippen molar-refractivity contribution in [2.24, 2.45) is 0 Å². The Hall–Kier alpha value is -16.6. The number of para-hydroxylation sites is 4. The first-order chi connectivity index (χ1) is 61.0. The largest absolute Gasteiger partial charge is 0.456 e. The van der Waals surface area contributed by atoms with Gasteiger partial charge in [-0.05, 0) is 128 Å². The molecule has 0 radical (unpaired) electrons. The molecule has 24 rings (SSSR count). The summed E-state index contributed by atoms with van der Waals surface area (Å²) in [5.41, 5.74) is 34.3.